The Hall–Kier alpha value is -2.47. The van der Waals surface area contributed by atoms with Gasteiger partial charge in [-0.05, 0) is 37.0 Å². The van der Waals surface area contributed by atoms with Crippen LogP contribution in [-0.4, -0.2) is 34.9 Å². The molecule has 6 heteroatoms. The zero-order chi connectivity index (χ0) is 17.8. The molecule has 1 amide bonds. The Kier molecular flexibility index (Phi) is 5.28. The van der Waals surface area contributed by atoms with Crippen molar-refractivity contribution in [1.82, 2.24) is 10.3 Å². The zero-order valence-corrected chi connectivity index (χ0v) is 13.8. The van der Waals surface area contributed by atoms with Gasteiger partial charge in [-0.2, -0.15) is 0 Å². The van der Waals surface area contributed by atoms with Crippen LogP contribution in [0.4, 0.5) is 4.39 Å². The average molecular weight is 344 g/mol. The van der Waals surface area contributed by atoms with Crippen LogP contribution in [0.15, 0.2) is 30.3 Å². The molecule has 3 rings (SSSR count). The molecule has 25 heavy (non-hydrogen) atoms. The van der Waals surface area contributed by atoms with Gasteiger partial charge in [-0.15, -0.1) is 0 Å². The van der Waals surface area contributed by atoms with E-state index in [9.17, 15) is 19.1 Å². The fourth-order valence-electron chi connectivity index (χ4n) is 3.13. The Bertz CT molecular complexity index is 785. The quantitative estimate of drug-likeness (QED) is 0.752. The first-order valence-corrected chi connectivity index (χ1v) is 8.46. The van der Waals surface area contributed by atoms with Gasteiger partial charge in [0.2, 0.25) is 0 Å². The molecule has 1 atom stereocenters. The van der Waals surface area contributed by atoms with E-state index in [4.69, 9.17) is 0 Å². The van der Waals surface area contributed by atoms with Crippen molar-refractivity contribution < 1.29 is 19.1 Å². The van der Waals surface area contributed by atoms with Crippen LogP contribution in [-0.2, 0) is 12.8 Å². The number of aromatic nitrogens is 1. The standard InChI is InChI=1S/C19H21FN2O3/c20-15-5-2-1-4-13(15)8-12(11-23)10-21-19(25)17-9-14-16(22-17)6-3-7-18(14)24/h1-2,4-5,9,12,22-23H,3,6-8,10-11H2,(H,21,25). The fraction of sp³-hybridized carbons (Fsp3) is 0.368. The van der Waals surface area contributed by atoms with Crippen LogP contribution in [0, 0.1) is 11.7 Å². The minimum atomic E-state index is -0.325. The molecule has 0 saturated heterocycles. The third-order valence-electron chi connectivity index (χ3n) is 4.55. The summed E-state index contributed by atoms with van der Waals surface area (Å²) in [6, 6.07) is 8.00. The van der Waals surface area contributed by atoms with Gasteiger partial charge >= 0.3 is 0 Å². The number of Topliss-reactive ketones (excluding diaryl/α,β-unsaturated/α-hetero) is 1. The SMILES string of the molecule is O=C(NCC(CO)Cc1ccccc1F)c1cc2c([nH]1)CCCC2=O. The number of aromatic amines is 1. The minimum absolute atomic E-state index is 0.0596. The topological polar surface area (TPSA) is 82.2 Å². The second kappa shape index (κ2) is 7.61. The van der Waals surface area contributed by atoms with Crippen molar-refractivity contribution in [3.8, 4) is 0 Å². The maximum Gasteiger partial charge on any atom is 0.267 e. The molecule has 2 aromatic rings. The Labute approximate surface area is 145 Å². The van der Waals surface area contributed by atoms with Crippen molar-refractivity contribution in [2.45, 2.75) is 25.7 Å². The van der Waals surface area contributed by atoms with Crippen LogP contribution in [0.2, 0.25) is 0 Å². The second-order valence-corrected chi connectivity index (χ2v) is 6.41. The van der Waals surface area contributed by atoms with Gasteiger partial charge in [-0.3, -0.25) is 9.59 Å². The molecule has 1 unspecified atom stereocenters. The maximum absolute atomic E-state index is 13.7. The molecular formula is C19H21FN2O3. The number of rotatable bonds is 6. The number of aryl methyl sites for hydroxylation is 1. The number of carbonyl (C=O) groups excluding carboxylic acids is 2. The van der Waals surface area contributed by atoms with Crippen molar-refractivity contribution in [2.24, 2.45) is 5.92 Å². The number of fused-ring (bicyclic) bond motifs is 1. The van der Waals surface area contributed by atoms with Crippen LogP contribution in [0.25, 0.3) is 0 Å². The van der Waals surface area contributed by atoms with Gasteiger partial charge in [0.15, 0.2) is 5.78 Å². The predicted molar refractivity (Wildman–Crippen MR) is 91.1 cm³/mol. The number of hydrogen-bond donors (Lipinski definition) is 3. The lowest BCUT2D eigenvalue weighted by Gasteiger charge is -2.15. The van der Waals surface area contributed by atoms with Gasteiger partial charge in [-0.25, -0.2) is 4.39 Å². The first-order valence-electron chi connectivity index (χ1n) is 8.46. The molecule has 1 aliphatic carbocycles. The third kappa shape index (κ3) is 3.96. The fourth-order valence-corrected chi connectivity index (χ4v) is 3.13. The minimum Gasteiger partial charge on any atom is -0.396 e. The molecule has 5 nitrogen and oxygen atoms in total. The van der Waals surface area contributed by atoms with E-state index in [1.165, 1.54) is 6.07 Å². The molecule has 1 aromatic heterocycles. The lowest BCUT2D eigenvalue weighted by atomic mass is 9.97. The molecule has 0 radical (unpaired) electrons. The lowest BCUT2D eigenvalue weighted by molar-refractivity contribution is 0.0934. The van der Waals surface area contributed by atoms with Gasteiger partial charge in [0.05, 0.1) is 0 Å². The number of aliphatic hydroxyl groups excluding tert-OH is 1. The summed E-state index contributed by atoms with van der Waals surface area (Å²) in [6.07, 6.45) is 2.41. The Morgan fingerprint density at radius 1 is 1.32 bits per heavy atom. The van der Waals surface area contributed by atoms with Gasteiger partial charge < -0.3 is 15.4 Å². The summed E-state index contributed by atoms with van der Waals surface area (Å²) in [5, 5.41) is 12.3. The number of amides is 1. The van der Waals surface area contributed by atoms with E-state index in [2.05, 4.69) is 10.3 Å². The lowest BCUT2D eigenvalue weighted by Crippen LogP contribution is -2.32. The first-order chi connectivity index (χ1) is 12.1. The number of aliphatic hydroxyl groups is 1. The monoisotopic (exact) mass is 344 g/mol. The van der Waals surface area contributed by atoms with Crippen LogP contribution in [0.3, 0.4) is 0 Å². The van der Waals surface area contributed by atoms with E-state index < -0.39 is 0 Å². The number of nitrogens with one attached hydrogen (secondary N) is 2. The first kappa shape index (κ1) is 17.4. The van der Waals surface area contributed by atoms with Gasteiger partial charge in [0, 0.05) is 36.7 Å². The molecule has 1 aliphatic rings. The van der Waals surface area contributed by atoms with E-state index in [0.29, 0.717) is 29.7 Å². The number of hydrogen-bond acceptors (Lipinski definition) is 3. The molecular weight excluding hydrogens is 323 g/mol. The summed E-state index contributed by atoms with van der Waals surface area (Å²) >= 11 is 0. The van der Waals surface area contributed by atoms with Gasteiger partial charge in [0.25, 0.3) is 5.91 Å². The summed E-state index contributed by atoms with van der Waals surface area (Å²) in [4.78, 5) is 27.2. The summed E-state index contributed by atoms with van der Waals surface area (Å²) in [5.41, 5.74) is 2.27. The number of ketones is 1. The van der Waals surface area contributed by atoms with Crippen LogP contribution >= 0.6 is 0 Å². The zero-order valence-electron chi connectivity index (χ0n) is 13.8. The van der Waals surface area contributed by atoms with Crippen molar-refractivity contribution in [2.75, 3.05) is 13.2 Å². The van der Waals surface area contributed by atoms with Crippen molar-refractivity contribution >= 4 is 11.7 Å². The van der Waals surface area contributed by atoms with Crippen LogP contribution in [0.5, 0.6) is 0 Å². The molecule has 0 spiro atoms. The van der Waals surface area contributed by atoms with Crippen LogP contribution < -0.4 is 5.32 Å². The summed E-state index contributed by atoms with van der Waals surface area (Å²) in [6.45, 7) is 0.0651. The summed E-state index contributed by atoms with van der Waals surface area (Å²) in [7, 11) is 0. The van der Waals surface area contributed by atoms with E-state index in [0.717, 1.165) is 18.5 Å². The van der Waals surface area contributed by atoms with E-state index in [-0.39, 0.29) is 36.6 Å². The van der Waals surface area contributed by atoms with Crippen molar-refractivity contribution in [3.05, 3.63) is 58.7 Å². The molecule has 1 aromatic carbocycles. The highest BCUT2D eigenvalue weighted by Gasteiger charge is 2.22. The third-order valence-corrected chi connectivity index (χ3v) is 4.55. The molecule has 0 fully saturated rings. The largest absolute Gasteiger partial charge is 0.396 e. The van der Waals surface area contributed by atoms with Crippen molar-refractivity contribution in [1.29, 1.82) is 0 Å². The van der Waals surface area contributed by atoms with Crippen LogP contribution in [0.1, 0.15) is 44.9 Å². The number of carbonyl (C=O) groups is 2. The van der Waals surface area contributed by atoms with E-state index >= 15 is 0 Å². The highest BCUT2D eigenvalue weighted by molar-refractivity contribution is 6.02. The summed E-state index contributed by atoms with van der Waals surface area (Å²) in [5.74, 6) is -0.867. The highest BCUT2D eigenvalue weighted by Crippen LogP contribution is 2.21. The Morgan fingerprint density at radius 3 is 2.84 bits per heavy atom. The number of H-pyrrole nitrogens is 1. The highest BCUT2D eigenvalue weighted by atomic mass is 19.1. The van der Waals surface area contributed by atoms with E-state index in [1.807, 2.05) is 0 Å². The molecule has 0 saturated carbocycles. The van der Waals surface area contributed by atoms with Gasteiger partial charge in [-0.1, -0.05) is 18.2 Å². The maximum atomic E-state index is 13.7. The molecule has 0 bridgehead atoms. The Balaban J connectivity index is 1.61. The van der Waals surface area contributed by atoms with E-state index in [1.54, 1.807) is 24.3 Å². The molecule has 132 valence electrons. The predicted octanol–water partition coefficient (Wildman–Crippen LogP) is 2.25. The van der Waals surface area contributed by atoms with Crippen molar-refractivity contribution in [3.63, 3.8) is 0 Å². The van der Waals surface area contributed by atoms with Gasteiger partial charge in [0.1, 0.15) is 11.5 Å². The Morgan fingerprint density at radius 2 is 2.12 bits per heavy atom. The molecule has 1 heterocycles. The normalized spacial score (nSPS) is 14.9. The smallest absolute Gasteiger partial charge is 0.267 e. The second-order valence-electron chi connectivity index (χ2n) is 6.41. The summed E-state index contributed by atoms with van der Waals surface area (Å²) < 4.78 is 13.7. The number of halogens is 1. The molecule has 0 aliphatic heterocycles. The number of benzene rings is 1. The molecule has 3 N–H and O–H groups in total. The average Bonchev–Trinajstić information content (AvgIpc) is 3.05.